The number of aryl methyl sites for hydroxylation is 1. The van der Waals surface area contributed by atoms with Crippen molar-refractivity contribution < 1.29 is 9.59 Å². The van der Waals surface area contributed by atoms with Crippen molar-refractivity contribution in [2.24, 2.45) is 5.92 Å². The fourth-order valence-electron chi connectivity index (χ4n) is 4.20. The number of unbranched alkanes of at least 4 members (excludes halogenated alkanes) is 1. The first-order valence-electron chi connectivity index (χ1n) is 9.40. The predicted octanol–water partition coefficient (Wildman–Crippen LogP) is 3.89. The molecule has 1 saturated heterocycles. The van der Waals surface area contributed by atoms with E-state index in [1.165, 1.54) is 4.90 Å². The van der Waals surface area contributed by atoms with Gasteiger partial charge in [0.25, 0.3) is 0 Å². The molecule has 0 aromatic heterocycles. The van der Waals surface area contributed by atoms with Crippen molar-refractivity contribution >= 4 is 23.2 Å². The first-order valence-corrected chi connectivity index (χ1v) is 9.40. The molecule has 0 N–H and O–H groups in total. The number of anilines is 2. The zero-order chi connectivity index (χ0) is 18.3. The third-order valence-corrected chi connectivity index (χ3v) is 5.50. The Bertz CT molecular complexity index is 846. The highest BCUT2D eigenvalue weighted by Crippen LogP contribution is 2.45. The molecule has 0 bridgehead atoms. The van der Waals surface area contributed by atoms with Gasteiger partial charge in [0.05, 0.1) is 17.5 Å². The third-order valence-electron chi connectivity index (χ3n) is 5.50. The minimum Gasteiger partial charge on any atom is -0.370 e. The van der Waals surface area contributed by atoms with Gasteiger partial charge in [-0.25, -0.2) is 4.90 Å². The van der Waals surface area contributed by atoms with Crippen molar-refractivity contribution in [1.82, 2.24) is 0 Å². The van der Waals surface area contributed by atoms with E-state index >= 15 is 0 Å². The van der Waals surface area contributed by atoms with Crippen LogP contribution in [0, 0.1) is 12.8 Å². The molecule has 0 unspecified atom stereocenters. The van der Waals surface area contributed by atoms with E-state index in [1.807, 2.05) is 37.3 Å². The van der Waals surface area contributed by atoms with E-state index in [1.54, 1.807) is 0 Å². The standard InChI is InChI=1S/C22H24N2O2/c1-3-4-12-23-14-18-20(17-13-15(2)10-11-19(17)23)22(26)24(21(18)25)16-8-6-5-7-9-16/h5-11,13,18,20H,3-4,12,14H2,1-2H3/t18-,20+/m0/s1. The average molecular weight is 348 g/mol. The average Bonchev–Trinajstić information content (AvgIpc) is 2.90. The van der Waals surface area contributed by atoms with Gasteiger partial charge in [0.1, 0.15) is 0 Å². The fraction of sp³-hybridized carbons (Fsp3) is 0.364. The van der Waals surface area contributed by atoms with Crippen molar-refractivity contribution in [2.45, 2.75) is 32.6 Å². The molecule has 2 aromatic carbocycles. The molecule has 0 aliphatic carbocycles. The van der Waals surface area contributed by atoms with Crippen LogP contribution in [-0.2, 0) is 9.59 Å². The summed E-state index contributed by atoms with van der Waals surface area (Å²) in [6.07, 6.45) is 2.18. The SMILES string of the molecule is CCCCN1C[C@@H]2C(=O)N(c3ccccc3)C(=O)[C@@H]2c2cc(C)ccc21. The Morgan fingerprint density at radius 1 is 1.04 bits per heavy atom. The summed E-state index contributed by atoms with van der Waals surface area (Å²) in [5, 5.41) is 0. The smallest absolute Gasteiger partial charge is 0.242 e. The van der Waals surface area contributed by atoms with Gasteiger partial charge in [0.2, 0.25) is 11.8 Å². The monoisotopic (exact) mass is 348 g/mol. The number of fused-ring (bicyclic) bond motifs is 3. The Morgan fingerprint density at radius 3 is 2.54 bits per heavy atom. The van der Waals surface area contributed by atoms with Crippen molar-refractivity contribution in [3.05, 3.63) is 59.7 Å². The molecule has 0 spiro atoms. The minimum atomic E-state index is -0.365. The van der Waals surface area contributed by atoms with Gasteiger partial charge in [0, 0.05) is 18.8 Å². The van der Waals surface area contributed by atoms with Gasteiger partial charge in [-0.15, -0.1) is 0 Å². The van der Waals surface area contributed by atoms with Crippen LogP contribution in [0.4, 0.5) is 11.4 Å². The molecule has 4 rings (SSSR count). The van der Waals surface area contributed by atoms with Crippen LogP contribution in [-0.4, -0.2) is 24.9 Å². The summed E-state index contributed by atoms with van der Waals surface area (Å²) < 4.78 is 0. The van der Waals surface area contributed by atoms with Crippen molar-refractivity contribution in [3.8, 4) is 0 Å². The second kappa shape index (κ2) is 6.60. The van der Waals surface area contributed by atoms with E-state index < -0.39 is 0 Å². The highest BCUT2D eigenvalue weighted by atomic mass is 16.2. The van der Waals surface area contributed by atoms with Crippen LogP contribution in [0.1, 0.15) is 36.8 Å². The number of nitrogens with zero attached hydrogens (tertiary/aromatic N) is 2. The van der Waals surface area contributed by atoms with E-state index in [0.29, 0.717) is 12.2 Å². The lowest BCUT2D eigenvalue weighted by atomic mass is 9.82. The van der Waals surface area contributed by atoms with E-state index in [0.717, 1.165) is 36.2 Å². The number of rotatable bonds is 4. The first kappa shape index (κ1) is 16.8. The van der Waals surface area contributed by atoms with Crippen molar-refractivity contribution in [3.63, 3.8) is 0 Å². The normalized spacial score (nSPS) is 21.8. The Kier molecular flexibility index (Phi) is 4.27. The number of carbonyl (C=O) groups excluding carboxylic acids is 2. The lowest BCUT2D eigenvalue weighted by Gasteiger charge is -2.36. The van der Waals surface area contributed by atoms with Gasteiger partial charge in [0.15, 0.2) is 0 Å². The molecule has 4 nitrogen and oxygen atoms in total. The Hall–Kier alpha value is -2.62. The highest BCUT2D eigenvalue weighted by molar-refractivity contribution is 6.24. The maximum atomic E-state index is 13.2. The Morgan fingerprint density at radius 2 is 1.81 bits per heavy atom. The number of carbonyl (C=O) groups is 2. The molecule has 0 saturated carbocycles. The van der Waals surface area contributed by atoms with Crippen LogP contribution in [0.25, 0.3) is 0 Å². The van der Waals surface area contributed by atoms with Gasteiger partial charge < -0.3 is 4.90 Å². The maximum absolute atomic E-state index is 13.2. The maximum Gasteiger partial charge on any atom is 0.242 e. The number of hydrogen-bond donors (Lipinski definition) is 0. The third kappa shape index (κ3) is 2.61. The highest BCUT2D eigenvalue weighted by Gasteiger charge is 2.52. The molecule has 26 heavy (non-hydrogen) atoms. The van der Waals surface area contributed by atoms with Gasteiger partial charge in [-0.05, 0) is 37.1 Å². The van der Waals surface area contributed by atoms with Crippen LogP contribution >= 0.6 is 0 Å². The van der Waals surface area contributed by atoms with Crippen LogP contribution in [0.2, 0.25) is 0 Å². The van der Waals surface area contributed by atoms with Gasteiger partial charge in [-0.1, -0.05) is 49.2 Å². The molecule has 2 aromatic rings. The van der Waals surface area contributed by atoms with E-state index in [4.69, 9.17) is 0 Å². The molecule has 134 valence electrons. The quantitative estimate of drug-likeness (QED) is 0.787. The van der Waals surface area contributed by atoms with Gasteiger partial charge >= 0.3 is 0 Å². The molecule has 4 heteroatoms. The lowest BCUT2D eigenvalue weighted by molar-refractivity contribution is -0.122. The van der Waals surface area contributed by atoms with Crippen LogP contribution in [0.5, 0.6) is 0 Å². The van der Waals surface area contributed by atoms with Gasteiger partial charge in [-0.2, -0.15) is 0 Å². The summed E-state index contributed by atoms with van der Waals surface area (Å²) in [6, 6.07) is 15.6. The molecule has 2 amide bonds. The van der Waals surface area contributed by atoms with Crippen LogP contribution in [0.15, 0.2) is 48.5 Å². The molecule has 2 aliphatic heterocycles. The first-order chi connectivity index (χ1) is 12.6. The number of imide groups is 1. The summed E-state index contributed by atoms with van der Waals surface area (Å²) >= 11 is 0. The van der Waals surface area contributed by atoms with E-state index in [2.05, 4.69) is 30.0 Å². The largest absolute Gasteiger partial charge is 0.370 e. The van der Waals surface area contributed by atoms with Crippen molar-refractivity contribution in [1.29, 1.82) is 0 Å². The summed E-state index contributed by atoms with van der Waals surface area (Å²) in [7, 11) is 0. The van der Waals surface area contributed by atoms with E-state index in [9.17, 15) is 9.59 Å². The van der Waals surface area contributed by atoms with Crippen LogP contribution < -0.4 is 9.80 Å². The number of para-hydroxylation sites is 1. The van der Waals surface area contributed by atoms with Gasteiger partial charge in [-0.3, -0.25) is 9.59 Å². The van der Waals surface area contributed by atoms with E-state index in [-0.39, 0.29) is 23.7 Å². The fourth-order valence-corrected chi connectivity index (χ4v) is 4.20. The zero-order valence-electron chi connectivity index (χ0n) is 15.3. The summed E-state index contributed by atoms with van der Waals surface area (Å²) in [6.45, 7) is 5.75. The number of amides is 2. The second-order valence-corrected chi connectivity index (χ2v) is 7.29. The number of benzene rings is 2. The van der Waals surface area contributed by atoms with Crippen LogP contribution in [0.3, 0.4) is 0 Å². The number of hydrogen-bond acceptors (Lipinski definition) is 3. The molecular formula is C22H24N2O2. The second-order valence-electron chi connectivity index (χ2n) is 7.29. The Labute approximate surface area is 154 Å². The molecule has 2 aliphatic rings. The van der Waals surface area contributed by atoms with Crippen molar-refractivity contribution in [2.75, 3.05) is 22.9 Å². The molecule has 2 atom stereocenters. The zero-order valence-corrected chi connectivity index (χ0v) is 15.3. The summed E-state index contributed by atoms with van der Waals surface area (Å²) in [4.78, 5) is 30.1. The topological polar surface area (TPSA) is 40.6 Å². The lowest BCUT2D eigenvalue weighted by Crippen LogP contribution is -2.40. The summed E-state index contributed by atoms with van der Waals surface area (Å²) in [5.41, 5.74) is 3.92. The summed E-state index contributed by atoms with van der Waals surface area (Å²) in [5.74, 6) is -0.822. The minimum absolute atomic E-state index is 0.0696. The Balaban J connectivity index is 1.78. The molecule has 1 fully saturated rings. The molecule has 0 radical (unpaired) electrons. The predicted molar refractivity (Wildman–Crippen MR) is 103 cm³/mol. The molecule has 2 heterocycles. The molecular weight excluding hydrogens is 324 g/mol.